The molecular weight excluding hydrogens is 246 g/mol. The highest BCUT2D eigenvalue weighted by atomic mass is 16.2. The maximum absolute atomic E-state index is 8.81. The molecule has 0 aromatic carbocycles. The summed E-state index contributed by atoms with van der Waals surface area (Å²) < 4.78 is 0. The van der Waals surface area contributed by atoms with E-state index < -0.39 is 0 Å². The molecule has 0 aliphatic carbocycles. The van der Waals surface area contributed by atoms with Crippen LogP contribution in [0.25, 0.3) is 0 Å². The van der Waals surface area contributed by atoms with Crippen LogP contribution in [-0.2, 0) is 0 Å². The van der Waals surface area contributed by atoms with Gasteiger partial charge in [0.1, 0.15) is 0 Å². The van der Waals surface area contributed by atoms with E-state index in [1.807, 2.05) is 0 Å². The summed E-state index contributed by atoms with van der Waals surface area (Å²) >= 11 is 0. The van der Waals surface area contributed by atoms with Crippen LogP contribution in [0, 0.1) is 11.8 Å². The van der Waals surface area contributed by atoms with Crippen molar-refractivity contribution >= 4 is 0 Å². The Bertz CT molecular complexity index is 227. The second kappa shape index (κ2) is 13.6. The highest BCUT2D eigenvalue weighted by molar-refractivity contribution is 4.87. The molecular formula is C18H37NO. The molecule has 0 saturated heterocycles. The summed E-state index contributed by atoms with van der Waals surface area (Å²) in [5.41, 5.74) is 0. The van der Waals surface area contributed by atoms with Crippen LogP contribution < -0.4 is 0 Å². The molecule has 1 N–H and O–H groups in total. The molecule has 0 aliphatic rings. The standard InChI is InChI=1S/C18H37NO/c1-5-7-12-18(4)16-19(15-17(3)6-2)13-10-8-9-11-14-20/h7,12,17-18,20H,5-6,8-11,13-16H2,1-4H3/b12-7-/t17-,18+/m0/s1. The second-order valence-corrected chi connectivity index (χ2v) is 6.22. The highest BCUT2D eigenvalue weighted by Gasteiger charge is 2.11. The van der Waals surface area contributed by atoms with Crippen LogP contribution in [0.15, 0.2) is 12.2 Å². The maximum Gasteiger partial charge on any atom is 0.0431 e. The SMILES string of the molecule is CC/C=C\[C@@H](C)CN(CCCCCCO)C[C@@H](C)CC. The Hall–Kier alpha value is -0.340. The van der Waals surface area contributed by atoms with Crippen molar-refractivity contribution in [3.05, 3.63) is 12.2 Å². The van der Waals surface area contributed by atoms with Gasteiger partial charge >= 0.3 is 0 Å². The third-order valence-electron chi connectivity index (χ3n) is 3.90. The van der Waals surface area contributed by atoms with Crippen LogP contribution in [0.4, 0.5) is 0 Å². The maximum atomic E-state index is 8.81. The lowest BCUT2D eigenvalue weighted by Crippen LogP contribution is -2.33. The third-order valence-corrected chi connectivity index (χ3v) is 3.90. The van der Waals surface area contributed by atoms with Crippen LogP contribution in [0.1, 0.15) is 66.2 Å². The van der Waals surface area contributed by atoms with Crippen molar-refractivity contribution < 1.29 is 5.11 Å². The zero-order valence-electron chi connectivity index (χ0n) is 14.3. The fourth-order valence-corrected chi connectivity index (χ4v) is 2.46. The molecule has 0 radical (unpaired) electrons. The van der Waals surface area contributed by atoms with Crippen LogP contribution in [0.2, 0.25) is 0 Å². The quantitative estimate of drug-likeness (QED) is 0.398. The zero-order chi connectivity index (χ0) is 15.2. The van der Waals surface area contributed by atoms with E-state index in [1.54, 1.807) is 0 Å². The topological polar surface area (TPSA) is 23.5 Å². The fourth-order valence-electron chi connectivity index (χ4n) is 2.46. The molecule has 0 heterocycles. The molecule has 0 unspecified atom stereocenters. The molecule has 2 heteroatoms. The van der Waals surface area contributed by atoms with E-state index in [0.717, 1.165) is 18.8 Å². The molecule has 0 aromatic heterocycles. The first-order valence-electron chi connectivity index (χ1n) is 8.63. The Morgan fingerprint density at radius 1 is 1.00 bits per heavy atom. The van der Waals surface area contributed by atoms with Gasteiger partial charge in [0.15, 0.2) is 0 Å². The smallest absolute Gasteiger partial charge is 0.0431 e. The first kappa shape index (κ1) is 19.7. The van der Waals surface area contributed by atoms with Gasteiger partial charge in [-0.15, -0.1) is 0 Å². The lowest BCUT2D eigenvalue weighted by atomic mass is 10.1. The largest absolute Gasteiger partial charge is 0.396 e. The summed E-state index contributed by atoms with van der Waals surface area (Å²) in [6.07, 6.45) is 11.7. The van der Waals surface area contributed by atoms with Gasteiger partial charge in [-0.3, -0.25) is 0 Å². The highest BCUT2D eigenvalue weighted by Crippen LogP contribution is 2.11. The number of aliphatic hydroxyl groups is 1. The minimum absolute atomic E-state index is 0.343. The molecule has 20 heavy (non-hydrogen) atoms. The van der Waals surface area contributed by atoms with Gasteiger partial charge < -0.3 is 10.0 Å². The molecule has 0 aromatic rings. The van der Waals surface area contributed by atoms with E-state index in [-0.39, 0.29) is 0 Å². The van der Waals surface area contributed by atoms with E-state index in [2.05, 4.69) is 44.7 Å². The van der Waals surface area contributed by atoms with Crippen LogP contribution >= 0.6 is 0 Å². The van der Waals surface area contributed by atoms with Gasteiger partial charge in [0.05, 0.1) is 0 Å². The molecule has 0 rings (SSSR count). The van der Waals surface area contributed by atoms with Crippen LogP contribution in [0.5, 0.6) is 0 Å². The summed E-state index contributed by atoms with van der Waals surface area (Å²) in [5, 5.41) is 8.81. The molecule has 0 aliphatic heterocycles. The van der Waals surface area contributed by atoms with E-state index in [1.165, 1.54) is 45.3 Å². The molecule has 0 amide bonds. The summed E-state index contributed by atoms with van der Waals surface area (Å²) in [5.74, 6) is 1.44. The van der Waals surface area contributed by atoms with Gasteiger partial charge in [0.25, 0.3) is 0 Å². The Balaban J connectivity index is 4.09. The Morgan fingerprint density at radius 2 is 1.70 bits per heavy atom. The van der Waals surface area contributed by atoms with Crippen LogP contribution in [0.3, 0.4) is 0 Å². The van der Waals surface area contributed by atoms with Crippen LogP contribution in [-0.4, -0.2) is 36.2 Å². The first-order chi connectivity index (χ1) is 9.63. The Morgan fingerprint density at radius 3 is 2.30 bits per heavy atom. The first-order valence-corrected chi connectivity index (χ1v) is 8.63. The minimum Gasteiger partial charge on any atom is -0.396 e. The van der Waals surface area contributed by atoms with Crippen molar-refractivity contribution in [3.63, 3.8) is 0 Å². The number of rotatable bonds is 13. The summed E-state index contributed by atoms with van der Waals surface area (Å²) in [6, 6.07) is 0. The number of unbranched alkanes of at least 4 members (excludes halogenated alkanes) is 3. The molecule has 0 fully saturated rings. The van der Waals surface area contributed by atoms with Gasteiger partial charge in [0, 0.05) is 19.7 Å². The fraction of sp³-hybridized carbons (Fsp3) is 0.889. The van der Waals surface area contributed by atoms with Gasteiger partial charge in [-0.25, -0.2) is 0 Å². The normalized spacial score (nSPS) is 15.1. The average Bonchev–Trinajstić information content (AvgIpc) is 2.44. The number of hydrogen-bond acceptors (Lipinski definition) is 2. The number of nitrogens with zero attached hydrogens (tertiary/aromatic N) is 1. The minimum atomic E-state index is 0.343. The molecule has 0 bridgehead atoms. The average molecular weight is 284 g/mol. The Labute approximate surface area is 127 Å². The summed E-state index contributed by atoms with van der Waals surface area (Å²) in [7, 11) is 0. The van der Waals surface area contributed by atoms with Crippen molar-refractivity contribution in [3.8, 4) is 0 Å². The molecule has 2 atom stereocenters. The number of hydrogen-bond donors (Lipinski definition) is 1. The lowest BCUT2D eigenvalue weighted by molar-refractivity contribution is 0.212. The Kier molecular flexibility index (Phi) is 13.4. The van der Waals surface area contributed by atoms with Gasteiger partial charge in [-0.05, 0) is 37.6 Å². The van der Waals surface area contributed by atoms with Crippen molar-refractivity contribution in [1.29, 1.82) is 0 Å². The summed E-state index contributed by atoms with van der Waals surface area (Å²) in [6.45, 7) is 13.1. The predicted molar refractivity (Wildman–Crippen MR) is 90.0 cm³/mol. The predicted octanol–water partition coefficient (Wildman–Crippen LogP) is 4.49. The van der Waals surface area contributed by atoms with Gasteiger partial charge in [-0.2, -0.15) is 0 Å². The summed E-state index contributed by atoms with van der Waals surface area (Å²) in [4.78, 5) is 2.64. The number of aliphatic hydroxyl groups excluding tert-OH is 1. The number of allylic oxidation sites excluding steroid dienone is 1. The third kappa shape index (κ3) is 11.5. The molecule has 120 valence electrons. The molecule has 0 spiro atoms. The van der Waals surface area contributed by atoms with Crippen molar-refractivity contribution in [2.24, 2.45) is 11.8 Å². The molecule has 2 nitrogen and oxygen atoms in total. The van der Waals surface area contributed by atoms with Crippen molar-refractivity contribution in [2.45, 2.75) is 66.2 Å². The lowest BCUT2D eigenvalue weighted by Gasteiger charge is -2.27. The van der Waals surface area contributed by atoms with E-state index in [0.29, 0.717) is 12.5 Å². The van der Waals surface area contributed by atoms with Crippen molar-refractivity contribution in [1.82, 2.24) is 4.90 Å². The van der Waals surface area contributed by atoms with E-state index >= 15 is 0 Å². The zero-order valence-corrected chi connectivity index (χ0v) is 14.3. The van der Waals surface area contributed by atoms with Crippen molar-refractivity contribution in [2.75, 3.05) is 26.2 Å². The van der Waals surface area contributed by atoms with E-state index in [9.17, 15) is 0 Å². The monoisotopic (exact) mass is 283 g/mol. The van der Waals surface area contributed by atoms with E-state index in [4.69, 9.17) is 5.11 Å². The molecule has 0 saturated carbocycles. The second-order valence-electron chi connectivity index (χ2n) is 6.22. The van der Waals surface area contributed by atoms with Gasteiger partial charge in [0.2, 0.25) is 0 Å². The van der Waals surface area contributed by atoms with Gasteiger partial charge in [-0.1, -0.05) is 59.1 Å².